The zero-order chi connectivity index (χ0) is 19.7. The number of rotatable bonds is 5. The van der Waals surface area contributed by atoms with Crippen LogP contribution >= 0.6 is 23.2 Å². The lowest BCUT2D eigenvalue weighted by Crippen LogP contribution is -2.19. The first-order chi connectivity index (χ1) is 13.5. The minimum Gasteiger partial charge on any atom is -0.489 e. The predicted octanol–water partition coefficient (Wildman–Crippen LogP) is 5.30. The third-order valence-corrected chi connectivity index (χ3v) is 5.52. The summed E-state index contributed by atoms with van der Waals surface area (Å²) in [5, 5.41) is 4.64. The molecule has 1 amide bonds. The number of carbonyl (C=O) groups excluding carboxylic acids is 1. The average molecular weight is 419 g/mol. The fraction of sp³-hybridized carbons (Fsp3) is 0.286. The van der Waals surface area contributed by atoms with Crippen molar-refractivity contribution in [3.05, 3.63) is 58.2 Å². The Hall–Kier alpha value is -2.21. The van der Waals surface area contributed by atoms with Gasteiger partial charge in [-0.15, -0.1) is 0 Å². The molecule has 1 aromatic heterocycles. The highest BCUT2D eigenvalue weighted by Gasteiger charge is 2.22. The third-order valence-electron chi connectivity index (χ3n) is 4.90. The number of hydrogen-bond donors (Lipinski definition) is 1. The van der Waals surface area contributed by atoms with Crippen molar-refractivity contribution in [1.29, 1.82) is 0 Å². The molecule has 4 rings (SSSR count). The molecule has 1 N–H and O–H groups in total. The number of ether oxygens (including phenoxy) is 2. The van der Waals surface area contributed by atoms with Crippen molar-refractivity contribution < 1.29 is 14.3 Å². The van der Waals surface area contributed by atoms with E-state index in [2.05, 4.69) is 5.32 Å². The fourth-order valence-corrected chi connectivity index (χ4v) is 4.01. The van der Waals surface area contributed by atoms with Gasteiger partial charge in [0, 0.05) is 29.6 Å². The fourth-order valence-electron chi connectivity index (χ4n) is 3.46. The quantitative estimate of drug-likeness (QED) is 0.611. The van der Waals surface area contributed by atoms with Crippen LogP contribution < -0.4 is 10.1 Å². The zero-order valence-corrected chi connectivity index (χ0v) is 16.9. The van der Waals surface area contributed by atoms with E-state index in [0.717, 1.165) is 30.4 Å². The molecule has 0 radical (unpaired) electrons. The summed E-state index contributed by atoms with van der Waals surface area (Å²) in [6.45, 7) is 1.19. The molecule has 3 aromatic rings. The molecule has 28 heavy (non-hydrogen) atoms. The Balaban J connectivity index is 1.60. The first-order valence-electron chi connectivity index (χ1n) is 9.13. The number of aromatic nitrogens is 1. The van der Waals surface area contributed by atoms with Crippen LogP contribution in [0.4, 0.5) is 5.69 Å². The third kappa shape index (κ3) is 3.70. The van der Waals surface area contributed by atoms with Gasteiger partial charge in [0.25, 0.3) is 5.91 Å². The standard InChI is InChI=1S/C21H20Cl2N2O3/c1-25-17-7-3-2-6-15(17)19(23)20(25)21(26)24-16-11-13(22)8-9-18(16)28-12-14-5-4-10-27-14/h2-3,6-9,11,14H,4-5,10,12H2,1H3,(H,24,26)/t14-/m0/s1. The molecule has 1 fully saturated rings. The van der Waals surface area contributed by atoms with Gasteiger partial charge in [-0.05, 0) is 37.1 Å². The van der Waals surface area contributed by atoms with E-state index in [1.54, 1.807) is 22.8 Å². The zero-order valence-electron chi connectivity index (χ0n) is 15.4. The molecule has 2 heterocycles. The first-order valence-corrected chi connectivity index (χ1v) is 9.88. The number of carbonyl (C=O) groups is 1. The molecule has 5 nitrogen and oxygen atoms in total. The Morgan fingerprint density at radius 1 is 1.29 bits per heavy atom. The average Bonchev–Trinajstić information content (AvgIpc) is 3.29. The van der Waals surface area contributed by atoms with Crippen LogP contribution in [-0.2, 0) is 11.8 Å². The van der Waals surface area contributed by atoms with Gasteiger partial charge in [0.1, 0.15) is 18.1 Å². The van der Waals surface area contributed by atoms with Crippen LogP contribution in [0.25, 0.3) is 10.9 Å². The van der Waals surface area contributed by atoms with Crippen molar-refractivity contribution in [3.63, 3.8) is 0 Å². The van der Waals surface area contributed by atoms with Gasteiger partial charge in [-0.2, -0.15) is 0 Å². The number of hydrogen-bond acceptors (Lipinski definition) is 3. The van der Waals surface area contributed by atoms with Crippen molar-refractivity contribution in [2.75, 3.05) is 18.5 Å². The second-order valence-corrected chi connectivity index (χ2v) is 7.59. The molecule has 146 valence electrons. The van der Waals surface area contributed by atoms with E-state index in [1.807, 2.05) is 31.3 Å². The van der Waals surface area contributed by atoms with E-state index in [0.29, 0.717) is 33.8 Å². The lowest BCUT2D eigenvalue weighted by atomic mass is 10.2. The summed E-state index contributed by atoms with van der Waals surface area (Å²) >= 11 is 12.6. The van der Waals surface area contributed by atoms with Gasteiger partial charge >= 0.3 is 0 Å². The van der Waals surface area contributed by atoms with Crippen molar-refractivity contribution in [3.8, 4) is 5.75 Å². The molecule has 0 aliphatic carbocycles. The number of nitrogens with zero attached hydrogens (tertiary/aromatic N) is 1. The monoisotopic (exact) mass is 418 g/mol. The van der Waals surface area contributed by atoms with Gasteiger partial charge in [-0.1, -0.05) is 41.4 Å². The summed E-state index contributed by atoms with van der Waals surface area (Å²) in [5.74, 6) is 0.219. The molecular weight excluding hydrogens is 399 g/mol. The maximum Gasteiger partial charge on any atom is 0.273 e. The molecule has 1 saturated heterocycles. The Morgan fingerprint density at radius 3 is 2.86 bits per heavy atom. The second kappa shape index (κ2) is 8.03. The van der Waals surface area contributed by atoms with Gasteiger partial charge in [-0.3, -0.25) is 4.79 Å². The predicted molar refractivity (Wildman–Crippen MR) is 112 cm³/mol. The summed E-state index contributed by atoms with van der Waals surface area (Å²) < 4.78 is 13.3. The van der Waals surface area contributed by atoms with E-state index >= 15 is 0 Å². The van der Waals surface area contributed by atoms with E-state index in [-0.39, 0.29) is 12.0 Å². The maximum absolute atomic E-state index is 13.0. The topological polar surface area (TPSA) is 52.5 Å². The van der Waals surface area contributed by atoms with Crippen LogP contribution in [0.3, 0.4) is 0 Å². The second-order valence-electron chi connectivity index (χ2n) is 6.78. The summed E-state index contributed by atoms with van der Waals surface area (Å²) in [4.78, 5) is 13.0. The smallest absolute Gasteiger partial charge is 0.273 e. The number of nitrogens with one attached hydrogen (secondary N) is 1. The molecule has 0 bridgehead atoms. The Bertz CT molecular complexity index is 987. The minimum absolute atomic E-state index is 0.0758. The molecular formula is C21H20Cl2N2O3. The molecule has 1 atom stereocenters. The van der Waals surface area contributed by atoms with E-state index in [4.69, 9.17) is 32.7 Å². The summed E-state index contributed by atoms with van der Waals surface area (Å²) in [6.07, 6.45) is 2.09. The number of halogens is 2. The van der Waals surface area contributed by atoms with E-state index in [9.17, 15) is 4.79 Å². The van der Waals surface area contributed by atoms with Crippen LogP contribution in [0.2, 0.25) is 10.0 Å². The molecule has 2 aromatic carbocycles. The molecule has 0 saturated carbocycles. The van der Waals surface area contributed by atoms with Crippen molar-refractivity contribution in [1.82, 2.24) is 4.57 Å². The summed E-state index contributed by atoms with van der Waals surface area (Å²) in [6, 6.07) is 12.8. The van der Waals surface area contributed by atoms with Crippen molar-refractivity contribution in [2.24, 2.45) is 7.05 Å². The van der Waals surface area contributed by atoms with Crippen molar-refractivity contribution in [2.45, 2.75) is 18.9 Å². The molecule has 7 heteroatoms. The van der Waals surface area contributed by atoms with Gasteiger partial charge in [-0.25, -0.2) is 0 Å². The Morgan fingerprint density at radius 2 is 2.11 bits per heavy atom. The SMILES string of the molecule is Cn1c(C(=O)Nc2cc(Cl)ccc2OC[C@@H]2CCCO2)c(Cl)c2ccccc21. The number of amides is 1. The van der Waals surface area contributed by atoms with E-state index in [1.165, 1.54) is 0 Å². The van der Waals surface area contributed by atoms with Crippen LogP contribution in [0, 0.1) is 0 Å². The maximum atomic E-state index is 13.0. The van der Waals surface area contributed by atoms with Gasteiger partial charge in [0.05, 0.1) is 16.8 Å². The number of benzene rings is 2. The Kier molecular flexibility index (Phi) is 5.49. The van der Waals surface area contributed by atoms with Crippen LogP contribution in [-0.4, -0.2) is 29.8 Å². The summed E-state index contributed by atoms with van der Waals surface area (Å²) in [7, 11) is 1.82. The number of anilines is 1. The first kappa shape index (κ1) is 19.1. The number of aryl methyl sites for hydroxylation is 1. The highest BCUT2D eigenvalue weighted by Crippen LogP contribution is 2.33. The highest BCUT2D eigenvalue weighted by atomic mass is 35.5. The van der Waals surface area contributed by atoms with Crippen LogP contribution in [0.5, 0.6) is 5.75 Å². The van der Waals surface area contributed by atoms with Gasteiger partial charge in [0.2, 0.25) is 0 Å². The largest absolute Gasteiger partial charge is 0.489 e. The molecule has 0 spiro atoms. The van der Waals surface area contributed by atoms with Crippen molar-refractivity contribution >= 4 is 45.7 Å². The van der Waals surface area contributed by atoms with Gasteiger partial charge < -0.3 is 19.4 Å². The lowest BCUT2D eigenvalue weighted by Gasteiger charge is -2.16. The number of fused-ring (bicyclic) bond motifs is 1. The minimum atomic E-state index is -0.326. The van der Waals surface area contributed by atoms with E-state index < -0.39 is 0 Å². The van der Waals surface area contributed by atoms with Crippen LogP contribution in [0.15, 0.2) is 42.5 Å². The molecule has 1 aliphatic rings. The lowest BCUT2D eigenvalue weighted by molar-refractivity contribution is 0.0682. The highest BCUT2D eigenvalue weighted by molar-refractivity contribution is 6.39. The molecule has 0 unspecified atom stereocenters. The van der Waals surface area contributed by atoms with Crippen LogP contribution in [0.1, 0.15) is 23.3 Å². The summed E-state index contributed by atoms with van der Waals surface area (Å²) in [5.41, 5.74) is 1.77. The van der Waals surface area contributed by atoms with Gasteiger partial charge in [0.15, 0.2) is 0 Å². The number of para-hydroxylation sites is 1. The normalized spacial score (nSPS) is 16.5. The molecule has 1 aliphatic heterocycles. The Labute approximate surface area is 173 Å².